The number of thioether (sulfide) groups is 1. The number of phenolic OH excluding ortho intramolecular Hbond substituents is 1. The molecule has 0 aliphatic carbocycles. The van der Waals surface area contributed by atoms with E-state index >= 15 is 0 Å². The summed E-state index contributed by atoms with van der Waals surface area (Å²) in [4.78, 5) is 45.7. The molecular weight excluding hydrogens is 650 g/mol. The fourth-order valence-corrected chi connectivity index (χ4v) is 5.89. The monoisotopic (exact) mass is 675 g/mol. The topological polar surface area (TPSA) is 99.1 Å². The molecule has 0 atom stereocenters. The number of aromatic hydroxyl groups is 1. The molecule has 0 radical (unpaired) electrons. The van der Waals surface area contributed by atoms with Crippen LogP contribution in [-0.2, 0) is 14.4 Å². The summed E-state index contributed by atoms with van der Waals surface area (Å²) in [6, 6.07) is 21.7. The molecule has 0 saturated carbocycles. The van der Waals surface area contributed by atoms with Gasteiger partial charge in [-0.05, 0) is 58.3 Å². The number of rotatable bonds is 9. The van der Waals surface area contributed by atoms with Gasteiger partial charge in [-0.1, -0.05) is 109 Å². The molecule has 0 unspecified atom stereocenters. The predicted molar refractivity (Wildman–Crippen MR) is 177 cm³/mol. The van der Waals surface area contributed by atoms with Gasteiger partial charge in [0.25, 0.3) is 11.8 Å². The van der Waals surface area contributed by atoms with E-state index in [1.54, 1.807) is 31.2 Å². The first-order valence-electron chi connectivity index (χ1n) is 13.1. The second-order valence-electron chi connectivity index (χ2n) is 9.14. The number of carbonyl (C=O) groups is 3. The zero-order chi connectivity index (χ0) is 30.9. The van der Waals surface area contributed by atoms with Crippen molar-refractivity contribution in [2.24, 2.45) is 4.99 Å². The maximum atomic E-state index is 13.8. The first-order chi connectivity index (χ1) is 20.7. The molecule has 2 N–H and O–H groups in total. The number of halogens is 2. The van der Waals surface area contributed by atoms with Crippen LogP contribution in [0.25, 0.3) is 6.08 Å². The van der Waals surface area contributed by atoms with E-state index in [9.17, 15) is 19.5 Å². The molecule has 10 heteroatoms. The number of hydrogen-bond acceptors (Lipinski definition) is 5. The van der Waals surface area contributed by atoms with Crippen molar-refractivity contribution in [1.82, 2.24) is 10.2 Å². The minimum absolute atomic E-state index is 0.0385. The van der Waals surface area contributed by atoms with Gasteiger partial charge in [0.2, 0.25) is 5.91 Å². The van der Waals surface area contributed by atoms with Gasteiger partial charge in [0.1, 0.15) is 11.3 Å². The zero-order valence-electron chi connectivity index (χ0n) is 23.0. The van der Waals surface area contributed by atoms with Gasteiger partial charge < -0.3 is 10.4 Å². The van der Waals surface area contributed by atoms with Crippen LogP contribution in [-0.4, -0.2) is 38.6 Å². The SMILES string of the molecule is C=C/C=C\C(=C/C)N1C(=O)/C(=C/c2cc(Cl)cc(Br)c2O)C(=O)N=C1SCC(=O)NC(c1ccccc1)c1ccccc1. The lowest BCUT2D eigenvalue weighted by atomic mass is 9.99. The van der Waals surface area contributed by atoms with Crippen LogP contribution in [0.4, 0.5) is 0 Å². The Balaban J connectivity index is 1.64. The quantitative estimate of drug-likeness (QED) is 0.142. The highest BCUT2D eigenvalue weighted by atomic mass is 79.9. The summed E-state index contributed by atoms with van der Waals surface area (Å²) in [5.41, 5.74) is 2.12. The van der Waals surface area contributed by atoms with Crippen molar-refractivity contribution in [2.45, 2.75) is 13.0 Å². The normalized spacial score (nSPS) is 14.9. The van der Waals surface area contributed by atoms with E-state index in [4.69, 9.17) is 11.6 Å². The molecular formula is C33H27BrClN3O4S. The first kappa shape index (κ1) is 31.7. The minimum atomic E-state index is -0.811. The molecule has 218 valence electrons. The van der Waals surface area contributed by atoms with Gasteiger partial charge in [0.15, 0.2) is 5.17 Å². The summed E-state index contributed by atoms with van der Waals surface area (Å²) in [5.74, 6) is -2.10. The molecule has 0 fully saturated rings. The van der Waals surface area contributed by atoms with E-state index in [1.807, 2.05) is 60.7 Å². The van der Waals surface area contributed by atoms with Gasteiger partial charge in [0, 0.05) is 16.3 Å². The third kappa shape index (κ3) is 7.81. The van der Waals surface area contributed by atoms with Gasteiger partial charge in [-0.25, -0.2) is 0 Å². The maximum Gasteiger partial charge on any atom is 0.285 e. The summed E-state index contributed by atoms with van der Waals surface area (Å²) in [6.07, 6.45) is 7.75. The van der Waals surface area contributed by atoms with Gasteiger partial charge in [-0.3, -0.25) is 19.3 Å². The first-order valence-corrected chi connectivity index (χ1v) is 15.2. The fraction of sp³-hybridized carbons (Fsp3) is 0.0909. The molecule has 3 aromatic carbocycles. The summed E-state index contributed by atoms with van der Waals surface area (Å²) >= 11 is 10.3. The molecule has 7 nitrogen and oxygen atoms in total. The highest BCUT2D eigenvalue weighted by Gasteiger charge is 2.35. The van der Waals surface area contributed by atoms with Gasteiger partial charge in [0.05, 0.1) is 16.3 Å². The van der Waals surface area contributed by atoms with Crippen LogP contribution in [0.5, 0.6) is 5.75 Å². The lowest BCUT2D eigenvalue weighted by molar-refractivity contribution is -0.126. The van der Waals surface area contributed by atoms with E-state index in [0.717, 1.165) is 22.9 Å². The predicted octanol–water partition coefficient (Wildman–Crippen LogP) is 7.20. The molecule has 1 aliphatic rings. The lowest BCUT2D eigenvalue weighted by Crippen LogP contribution is -2.42. The number of amidine groups is 1. The summed E-state index contributed by atoms with van der Waals surface area (Å²) in [7, 11) is 0. The number of allylic oxidation sites excluding steroid dienone is 4. The summed E-state index contributed by atoms with van der Waals surface area (Å²) in [6.45, 7) is 5.41. The van der Waals surface area contributed by atoms with Crippen LogP contribution in [0, 0.1) is 0 Å². The molecule has 0 spiro atoms. The number of aliphatic imine (C=N–C) groups is 1. The van der Waals surface area contributed by atoms with Crippen molar-refractivity contribution in [2.75, 3.05) is 5.75 Å². The van der Waals surface area contributed by atoms with Crippen LogP contribution >= 0.6 is 39.3 Å². The average Bonchev–Trinajstić information content (AvgIpc) is 3.01. The Hall–Kier alpha value is -4.18. The van der Waals surface area contributed by atoms with Crippen LogP contribution in [0.3, 0.4) is 0 Å². The number of nitrogens with one attached hydrogen (secondary N) is 1. The third-order valence-corrected chi connectivity index (χ3v) is 8.03. The summed E-state index contributed by atoms with van der Waals surface area (Å²) < 4.78 is 0.303. The molecule has 0 aromatic heterocycles. The second kappa shape index (κ2) is 14.8. The van der Waals surface area contributed by atoms with Crippen molar-refractivity contribution in [3.63, 3.8) is 0 Å². The number of nitrogens with zero attached hydrogens (tertiary/aromatic N) is 2. The van der Waals surface area contributed by atoms with Crippen molar-refractivity contribution in [3.8, 4) is 5.75 Å². The Morgan fingerprint density at radius 2 is 1.74 bits per heavy atom. The molecule has 1 aliphatic heterocycles. The Kier molecular flexibility index (Phi) is 10.9. The van der Waals surface area contributed by atoms with Gasteiger partial charge >= 0.3 is 0 Å². The third-order valence-electron chi connectivity index (χ3n) is 6.27. The number of phenols is 1. The highest BCUT2D eigenvalue weighted by Crippen LogP contribution is 2.34. The van der Waals surface area contributed by atoms with Crippen molar-refractivity contribution in [1.29, 1.82) is 0 Å². The van der Waals surface area contributed by atoms with Gasteiger partial charge in [-0.15, -0.1) is 0 Å². The molecule has 43 heavy (non-hydrogen) atoms. The number of amides is 3. The Labute approximate surface area is 267 Å². The Bertz CT molecular complexity index is 1630. The van der Waals surface area contributed by atoms with Crippen LogP contribution in [0.1, 0.15) is 29.7 Å². The van der Waals surface area contributed by atoms with Crippen molar-refractivity contribution < 1.29 is 19.5 Å². The van der Waals surface area contributed by atoms with E-state index in [2.05, 4.69) is 32.8 Å². The number of benzene rings is 3. The second-order valence-corrected chi connectivity index (χ2v) is 11.4. The maximum absolute atomic E-state index is 13.8. The fourth-order valence-electron chi connectivity index (χ4n) is 4.24. The standard InChI is InChI=1S/C33H27BrClN3O4S/c1-3-5-16-25(4-2)38-32(42)26(18-23-17-24(35)19-27(34)30(23)40)31(41)37-33(38)43-20-28(39)36-29(21-12-8-6-9-13-21)22-14-10-7-11-15-22/h3-19,29,40H,1,20H2,2H3,(H,36,39)/b16-5-,25-4+,26-18+. The molecule has 3 amide bonds. The summed E-state index contributed by atoms with van der Waals surface area (Å²) in [5, 5.41) is 13.9. The molecule has 0 bridgehead atoms. The molecule has 0 saturated heterocycles. The number of hydrogen-bond donors (Lipinski definition) is 2. The minimum Gasteiger partial charge on any atom is -0.506 e. The van der Waals surface area contributed by atoms with Crippen LogP contribution in [0.15, 0.2) is 124 Å². The molecule has 3 aromatic rings. The van der Waals surface area contributed by atoms with Crippen LogP contribution in [0.2, 0.25) is 5.02 Å². The highest BCUT2D eigenvalue weighted by molar-refractivity contribution is 9.10. The largest absolute Gasteiger partial charge is 0.506 e. The number of carbonyl (C=O) groups excluding carboxylic acids is 3. The Morgan fingerprint density at radius 1 is 1.12 bits per heavy atom. The van der Waals surface area contributed by atoms with Crippen LogP contribution < -0.4 is 5.32 Å². The van der Waals surface area contributed by atoms with Crippen molar-refractivity contribution in [3.05, 3.63) is 141 Å². The van der Waals surface area contributed by atoms with Crippen molar-refractivity contribution >= 4 is 68.3 Å². The Morgan fingerprint density at radius 3 is 2.33 bits per heavy atom. The average molecular weight is 677 g/mol. The van der Waals surface area contributed by atoms with E-state index < -0.39 is 17.9 Å². The van der Waals surface area contributed by atoms with E-state index in [1.165, 1.54) is 23.1 Å². The smallest absolute Gasteiger partial charge is 0.285 e. The zero-order valence-corrected chi connectivity index (χ0v) is 26.2. The van der Waals surface area contributed by atoms with Gasteiger partial charge in [-0.2, -0.15) is 4.99 Å². The molecule has 4 rings (SSSR count). The lowest BCUT2D eigenvalue weighted by Gasteiger charge is -2.28. The molecule has 1 heterocycles. The van der Waals surface area contributed by atoms with E-state index in [0.29, 0.717) is 15.2 Å². The van der Waals surface area contributed by atoms with E-state index in [-0.39, 0.29) is 33.7 Å².